The van der Waals surface area contributed by atoms with E-state index in [-0.39, 0.29) is 15.7 Å². The molecule has 0 atom stereocenters. The first-order valence-electron chi connectivity index (χ1n) is 6.22. The lowest BCUT2D eigenvalue weighted by molar-refractivity contribution is 0.381. The molecule has 0 bridgehead atoms. The predicted molar refractivity (Wildman–Crippen MR) is 77.1 cm³/mol. The van der Waals surface area contributed by atoms with Crippen LogP contribution >= 0.6 is 0 Å². The average molecular weight is 320 g/mol. The van der Waals surface area contributed by atoms with Crippen LogP contribution in [-0.2, 0) is 20.0 Å². The van der Waals surface area contributed by atoms with Gasteiger partial charge in [0.1, 0.15) is 0 Å². The first-order valence-corrected chi connectivity index (χ1v) is 9.20. The summed E-state index contributed by atoms with van der Waals surface area (Å²) in [5.41, 5.74) is 0. The van der Waals surface area contributed by atoms with E-state index in [9.17, 15) is 16.8 Å². The smallest absolute Gasteiger partial charge is 0.225 e. The molecule has 0 aliphatic carbocycles. The van der Waals surface area contributed by atoms with E-state index in [4.69, 9.17) is 5.14 Å². The van der Waals surface area contributed by atoms with Crippen molar-refractivity contribution in [1.29, 1.82) is 0 Å². The summed E-state index contributed by atoms with van der Waals surface area (Å²) in [5, 5.41) is 5.02. The van der Waals surface area contributed by atoms with Crippen molar-refractivity contribution in [2.24, 2.45) is 11.1 Å². The second-order valence-corrected chi connectivity index (χ2v) is 8.37. The maximum atomic E-state index is 12.5. The molecule has 0 spiro atoms. The number of benzene rings is 1. The molecule has 114 valence electrons. The number of nitrogens with zero attached hydrogens (tertiary/aromatic N) is 1. The molecule has 0 saturated carbocycles. The fourth-order valence-corrected chi connectivity index (χ4v) is 4.06. The van der Waals surface area contributed by atoms with Crippen LogP contribution < -0.4 is 5.14 Å². The van der Waals surface area contributed by atoms with Gasteiger partial charge in [-0.3, -0.25) is 0 Å². The zero-order valence-corrected chi connectivity index (χ0v) is 13.4. The minimum absolute atomic E-state index is 0.0634. The van der Waals surface area contributed by atoms with Crippen LogP contribution in [0.5, 0.6) is 0 Å². The fraction of sp³-hybridized carbons (Fsp3) is 0.500. The molecular weight excluding hydrogens is 300 g/mol. The molecule has 0 aliphatic heterocycles. The van der Waals surface area contributed by atoms with Gasteiger partial charge in [-0.15, -0.1) is 0 Å². The Labute approximate surface area is 120 Å². The Morgan fingerprint density at radius 1 is 1.15 bits per heavy atom. The maximum absolute atomic E-state index is 12.5. The van der Waals surface area contributed by atoms with Gasteiger partial charge in [0.25, 0.3) is 0 Å². The van der Waals surface area contributed by atoms with Crippen LogP contribution in [0.15, 0.2) is 34.1 Å². The van der Waals surface area contributed by atoms with Crippen LogP contribution in [0.4, 0.5) is 0 Å². The van der Waals surface area contributed by atoms with E-state index < -0.39 is 20.0 Å². The molecule has 0 unspecified atom stereocenters. The summed E-state index contributed by atoms with van der Waals surface area (Å²) in [7, 11) is -7.64. The van der Waals surface area contributed by atoms with E-state index in [2.05, 4.69) is 0 Å². The van der Waals surface area contributed by atoms with Gasteiger partial charge in [-0.05, 0) is 24.1 Å². The summed E-state index contributed by atoms with van der Waals surface area (Å²) in [5.74, 6) is 0.172. The van der Waals surface area contributed by atoms with Crippen LogP contribution in [0, 0.1) is 5.92 Å². The Kier molecular flexibility index (Phi) is 5.31. The molecule has 0 fully saturated rings. The molecule has 20 heavy (non-hydrogen) atoms. The Bertz CT molecular complexity index is 666. The fourth-order valence-electron chi connectivity index (χ4n) is 1.77. The van der Waals surface area contributed by atoms with Crippen molar-refractivity contribution in [2.75, 3.05) is 13.1 Å². The lowest BCUT2D eigenvalue weighted by Gasteiger charge is -2.22. The molecule has 2 N–H and O–H groups in total. The van der Waals surface area contributed by atoms with E-state index in [0.717, 1.165) is 6.07 Å². The van der Waals surface area contributed by atoms with E-state index >= 15 is 0 Å². The summed E-state index contributed by atoms with van der Waals surface area (Å²) < 4.78 is 48.9. The monoisotopic (exact) mass is 320 g/mol. The Hall–Kier alpha value is -0.960. The van der Waals surface area contributed by atoms with Crippen LogP contribution in [0.2, 0.25) is 0 Å². The number of sulfonamides is 2. The Morgan fingerprint density at radius 2 is 1.70 bits per heavy atom. The number of hydrogen-bond donors (Lipinski definition) is 1. The molecule has 0 heterocycles. The SMILES string of the molecule is CCN(CC(C)C)S(=O)(=O)c1cccc(S(N)(=O)=O)c1. The van der Waals surface area contributed by atoms with Crippen LogP contribution in [0.1, 0.15) is 20.8 Å². The average Bonchev–Trinajstić information content (AvgIpc) is 2.34. The third-order valence-electron chi connectivity index (χ3n) is 2.69. The normalized spacial score (nSPS) is 13.1. The zero-order valence-electron chi connectivity index (χ0n) is 11.8. The van der Waals surface area contributed by atoms with Crippen molar-refractivity contribution < 1.29 is 16.8 Å². The summed E-state index contributed by atoms with van der Waals surface area (Å²) in [6.07, 6.45) is 0. The molecule has 6 nitrogen and oxygen atoms in total. The van der Waals surface area contributed by atoms with Crippen molar-refractivity contribution in [1.82, 2.24) is 4.31 Å². The summed E-state index contributed by atoms with van der Waals surface area (Å²) >= 11 is 0. The number of nitrogens with two attached hydrogens (primary N) is 1. The van der Waals surface area contributed by atoms with Crippen molar-refractivity contribution in [3.05, 3.63) is 24.3 Å². The minimum Gasteiger partial charge on any atom is -0.225 e. The minimum atomic E-state index is -3.92. The Morgan fingerprint density at radius 3 is 2.15 bits per heavy atom. The van der Waals surface area contributed by atoms with Crippen LogP contribution in [0.3, 0.4) is 0 Å². The topological polar surface area (TPSA) is 97.5 Å². The van der Waals surface area contributed by atoms with E-state index in [1.54, 1.807) is 6.92 Å². The largest absolute Gasteiger partial charge is 0.243 e. The number of rotatable bonds is 6. The molecule has 0 radical (unpaired) electrons. The molecule has 1 aromatic rings. The Balaban J connectivity index is 3.28. The van der Waals surface area contributed by atoms with Gasteiger partial charge in [0.2, 0.25) is 20.0 Å². The first kappa shape index (κ1) is 17.1. The maximum Gasteiger partial charge on any atom is 0.243 e. The van der Waals surface area contributed by atoms with Crippen LogP contribution in [-0.4, -0.2) is 34.2 Å². The quantitative estimate of drug-likeness (QED) is 0.845. The van der Waals surface area contributed by atoms with Gasteiger partial charge in [-0.25, -0.2) is 22.0 Å². The number of primary sulfonamides is 1. The van der Waals surface area contributed by atoms with E-state index in [1.807, 2.05) is 13.8 Å². The molecule has 0 aromatic heterocycles. The highest BCUT2D eigenvalue weighted by molar-refractivity contribution is 7.90. The van der Waals surface area contributed by atoms with Gasteiger partial charge < -0.3 is 0 Å². The standard InChI is InChI=1S/C12H20N2O4S2/c1-4-14(9-10(2)3)20(17,18)12-7-5-6-11(8-12)19(13,15)16/h5-8,10H,4,9H2,1-3H3,(H2,13,15,16). The highest BCUT2D eigenvalue weighted by Gasteiger charge is 2.24. The molecule has 0 saturated heterocycles. The molecule has 1 rings (SSSR count). The zero-order chi connectivity index (χ0) is 15.6. The molecule has 8 heteroatoms. The van der Waals surface area contributed by atoms with Crippen molar-refractivity contribution >= 4 is 20.0 Å². The second-order valence-electron chi connectivity index (χ2n) is 4.87. The third kappa shape index (κ3) is 4.02. The second kappa shape index (κ2) is 6.21. The van der Waals surface area contributed by atoms with Gasteiger partial charge in [0.15, 0.2) is 0 Å². The molecular formula is C12H20N2O4S2. The van der Waals surface area contributed by atoms with Crippen LogP contribution in [0.25, 0.3) is 0 Å². The highest BCUT2D eigenvalue weighted by Crippen LogP contribution is 2.19. The molecule has 0 aliphatic rings. The lowest BCUT2D eigenvalue weighted by Crippen LogP contribution is -2.34. The van der Waals surface area contributed by atoms with Gasteiger partial charge >= 0.3 is 0 Å². The predicted octanol–water partition coefficient (Wildman–Crippen LogP) is 1.00. The van der Waals surface area contributed by atoms with E-state index in [1.165, 1.54) is 22.5 Å². The summed E-state index contributed by atoms with van der Waals surface area (Å²) in [6, 6.07) is 5.10. The van der Waals surface area contributed by atoms with Crippen molar-refractivity contribution in [3.8, 4) is 0 Å². The third-order valence-corrected chi connectivity index (χ3v) is 5.54. The molecule has 1 aromatic carbocycles. The lowest BCUT2D eigenvalue weighted by atomic mass is 10.2. The van der Waals surface area contributed by atoms with E-state index in [0.29, 0.717) is 13.1 Å². The van der Waals surface area contributed by atoms with Crippen molar-refractivity contribution in [3.63, 3.8) is 0 Å². The van der Waals surface area contributed by atoms with Gasteiger partial charge in [0, 0.05) is 13.1 Å². The number of hydrogen-bond acceptors (Lipinski definition) is 4. The highest BCUT2D eigenvalue weighted by atomic mass is 32.2. The van der Waals surface area contributed by atoms with Gasteiger partial charge in [-0.1, -0.05) is 26.8 Å². The summed E-state index contributed by atoms with van der Waals surface area (Å²) in [6.45, 7) is 6.26. The first-order chi connectivity index (χ1) is 9.09. The van der Waals surface area contributed by atoms with Gasteiger partial charge in [-0.2, -0.15) is 4.31 Å². The molecule has 0 amide bonds. The summed E-state index contributed by atoms with van der Waals surface area (Å²) in [4.78, 5) is -0.272. The van der Waals surface area contributed by atoms with Gasteiger partial charge in [0.05, 0.1) is 9.79 Å². The van der Waals surface area contributed by atoms with Crippen molar-refractivity contribution in [2.45, 2.75) is 30.6 Å².